The summed E-state index contributed by atoms with van der Waals surface area (Å²) in [6, 6.07) is 7.16. The molecule has 1 fully saturated rings. The maximum absolute atomic E-state index is 12.0. The number of rotatable bonds is 2. The summed E-state index contributed by atoms with van der Waals surface area (Å²) in [5, 5.41) is 11.0. The van der Waals surface area contributed by atoms with Crippen LogP contribution in [-0.2, 0) is 4.79 Å². The molecule has 2 unspecified atom stereocenters. The van der Waals surface area contributed by atoms with Crippen molar-refractivity contribution in [1.29, 1.82) is 0 Å². The van der Waals surface area contributed by atoms with Gasteiger partial charge in [0.1, 0.15) is 0 Å². The molecule has 1 aromatic carbocycles. The standard InChI is InChI=1S/C15H20ClNO2/c1-15(2,3)17-9-11(8-13(17)18)14(19)10-4-6-12(16)7-5-10/h4-7,11,14,19H,8-9H2,1-3H3. The molecule has 0 saturated carbocycles. The van der Waals surface area contributed by atoms with Gasteiger partial charge in [0.05, 0.1) is 6.10 Å². The van der Waals surface area contributed by atoms with Crippen LogP contribution in [0.25, 0.3) is 0 Å². The van der Waals surface area contributed by atoms with Gasteiger partial charge in [-0.15, -0.1) is 0 Å². The van der Waals surface area contributed by atoms with Crippen LogP contribution >= 0.6 is 11.6 Å². The molecule has 0 bridgehead atoms. The highest BCUT2D eigenvalue weighted by atomic mass is 35.5. The molecule has 1 aromatic rings. The highest BCUT2D eigenvalue weighted by Gasteiger charge is 2.39. The molecule has 1 saturated heterocycles. The molecule has 104 valence electrons. The van der Waals surface area contributed by atoms with Crippen LogP contribution in [0.4, 0.5) is 0 Å². The Kier molecular flexibility index (Phi) is 3.88. The Morgan fingerprint density at radius 3 is 2.37 bits per heavy atom. The van der Waals surface area contributed by atoms with E-state index in [4.69, 9.17) is 11.6 Å². The second kappa shape index (κ2) is 5.14. The predicted octanol–water partition coefficient (Wildman–Crippen LogP) is 3.02. The maximum Gasteiger partial charge on any atom is 0.223 e. The number of carbonyl (C=O) groups is 1. The van der Waals surface area contributed by atoms with Crippen LogP contribution in [0.2, 0.25) is 5.02 Å². The van der Waals surface area contributed by atoms with Gasteiger partial charge in [-0.1, -0.05) is 23.7 Å². The number of nitrogens with zero attached hydrogens (tertiary/aromatic N) is 1. The van der Waals surface area contributed by atoms with Gasteiger partial charge < -0.3 is 10.0 Å². The summed E-state index contributed by atoms with van der Waals surface area (Å²) in [4.78, 5) is 13.9. The second-order valence-electron chi connectivity index (χ2n) is 6.14. The highest BCUT2D eigenvalue weighted by molar-refractivity contribution is 6.30. The zero-order valence-corrected chi connectivity index (χ0v) is 12.3. The van der Waals surface area contributed by atoms with Crippen molar-refractivity contribution in [3.63, 3.8) is 0 Å². The van der Waals surface area contributed by atoms with Crippen LogP contribution in [0, 0.1) is 5.92 Å². The first-order valence-corrected chi connectivity index (χ1v) is 6.91. The third-order valence-electron chi connectivity index (χ3n) is 3.62. The summed E-state index contributed by atoms with van der Waals surface area (Å²) in [5.74, 6) is 0.0680. The van der Waals surface area contributed by atoms with Gasteiger partial charge in [-0.3, -0.25) is 4.79 Å². The van der Waals surface area contributed by atoms with Crippen molar-refractivity contribution in [2.45, 2.75) is 38.8 Å². The maximum atomic E-state index is 12.0. The van der Waals surface area contributed by atoms with Crippen LogP contribution in [0.5, 0.6) is 0 Å². The van der Waals surface area contributed by atoms with E-state index >= 15 is 0 Å². The van der Waals surface area contributed by atoms with E-state index in [0.717, 1.165) is 5.56 Å². The molecule has 1 amide bonds. The fourth-order valence-electron chi connectivity index (χ4n) is 2.53. The van der Waals surface area contributed by atoms with Gasteiger partial charge in [0.25, 0.3) is 0 Å². The first-order chi connectivity index (χ1) is 8.79. The molecule has 0 spiro atoms. The summed E-state index contributed by atoms with van der Waals surface area (Å²) in [6.07, 6.45) is -0.213. The molecule has 2 atom stereocenters. The van der Waals surface area contributed by atoms with Gasteiger partial charge in [-0.2, -0.15) is 0 Å². The predicted molar refractivity (Wildman–Crippen MR) is 76.0 cm³/mol. The van der Waals surface area contributed by atoms with Crippen molar-refractivity contribution in [2.24, 2.45) is 5.92 Å². The van der Waals surface area contributed by atoms with E-state index < -0.39 is 6.10 Å². The molecule has 1 N–H and O–H groups in total. The van der Waals surface area contributed by atoms with Gasteiger partial charge in [0.15, 0.2) is 0 Å². The van der Waals surface area contributed by atoms with E-state index in [9.17, 15) is 9.90 Å². The zero-order valence-electron chi connectivity index (χ0n) is 11.6. The summed E-state index contributed by atoms with van der Waals surface area (Å²) in [6.45, 7) is 6.65. The number of benzene rings is 1. The van der Waals surface area contributed by atoms with Crippen molar-refractivity contribution < 1.29 is 9.90 Å². The van der Waals surface area contributed by atoms with Crippen molar-refractivity contribution in [3.8, 4) is 0 Å². The van der Waals surface area contributed by atoms with Crippen LogP contribution in [0.3, 0.4) is 0 Å². The van der Waals surface area contributed by atoms with Gasteiger partial charge in [-0.25, -0.2) is 0 Å². The summed E-state index contributed by atoms with van der Waals surface area (Å²) >= 11 is 5.84. The van der Waals surface area contributed by atoms with E-state index in [-0.39, 0.29) is 17.4 Å². The lowest BCUT2D eigenvalue weighted by Gasteiger charge is -2.32. The Balaban J connectivity index is 2.12. The Morgan fingerprint density at radius 2 is 1.89 bits per heavy atom. The van der Waals surface area contributed by atoms with Crippen LogP contribution in [0.15, 0.2) is 24.3 Å². The van der Waals surface area contributed by atoms with Crippen LogP contribution in [-0.4, -0.2) is 28.0 Å². The van der Waals surface area contributed by atoms with Gasteiger partial charge in [0.2, 0.25) is 5.91 Å². The summed E-state index contributed by atoms with van der Waals surface area (Å²) < 4.78 is 0. The van der Waals surface area contributed by atoms with Gasteiger partial charge >= 0.3 is 0 Å². The first kappa shape index (κ1) is 14.4. The fraction of sp³-hybridized carbons (Fsp3) is 0.533. The smallest absolute Gasteiger partial charge is 0.223 e. The molecule has 0 aromatic heterocycles. The number of aliphatic hydroxyl groups is 1. The molecule has 1 aliphatic rings. The van der Waals surface area contributed by atoms with Crippen molar-refractivity contribution in [3.05, 3.63) is 34.9 Å². The molecule has 3 nitrogen and oxygen atoms in total. The summed E-state index contributed by atoms with van der Waals surface area (Å²) in [5.41, 5.74) is 0.629. The molecule has 0 radical (unpaired) electrons. The molecule has 4 heteroatoms. The molecule has 2 rings (SSSR count). The highest BCUT2D eigenvalue weighted by Crippen LogP contribution is 2.34. The molecule has 0 aliphatic carbocycles. The minimum absolute atomic E-state index is 0.0482. The van der Waals surface area contributed by atoms with E-state index in [1.54, 1.807) is 12.1 Å². The monoisotopic (exact) mass is 281 g/mol. The SMILES string of the molecule is CC(C)(C)N1CC(C(O)c2ccc(Cl)cc2)CC1=O. The van der Waals surface area contributed by atoms with E-state index in [2.05, 4.69) is 0 Å². The number of aliphatic hydroxyl groups excluding tert-OH is 1. The number of likely N-dealkylation sites (tertiary alicyclic amines) is 1. The number of carbonyl (C=O) groups excluding carboxylic acids is 1. The Labute approximate surface area is 119 Å². The number of hydrogen-bond donors (Lipinski definition) is 1. The Hall–Kier alpha value is -1.06. The largest absolute Gasteiger partial charge is 0.388 e. The van der Waals surface area contributed by atoms with Crippen molar-refractivity contribution in [1.82, 2.24) is 4.90 Å². The molecule has 19 heavy (non-hydrogen) atoms. The van der Waals surface area contributed by atoms with E-state index in [1.807, 2.05) is 37.8 Å². The van der Waals surface area contributed by atoms with Crippen molar-refractivity contribution in [2.75, 3.05) is 6.54 Å². The van der Waals surface area contributed by atoms with Gasteiger partial charge in [-0.05, 0) is 38.5 Å². The number of hydrogen-bond acceptors (Lipinski definition) is 2. The normalized spacial score (nSPS) is 21.8. The van der Waals surface area contributed by atoms with Crippen LogP contribution < -0.4 is 0 Å². The Morgan fingerprint density at radius 1 is 1.32 bits per heavy atom. The summed E-state index contributed by atoms with van der Waals surface area (Å²) in [7, 11) is 0. The van der Waals surface area contributed by atoms with E-state index in [1.165, 1.54) is 0 Å². The quantitative estimate of drug-likeness (QED) is 0.905. The third-order valence-corrected chi connectivity index (χ3v) is 3.87. The minimum Gasteiger partial charge on any atom is -0.388 e. The second-order valence-corrected chi connectivity index (χ2v) is 6.57. The fourth-order valence-corrected chi connectivity index (χ4v) is 2.65. The van der Waals surface area contributed by atoms with Crippen LogP contribution in [0.1, 0.15) is 38.9 Å². The van der Waals surface area contributed by atoms with Crippen molar-refractivity contribution >= 4 is 17.5 Å². The lowest BCUT2D eigenvalue weighted by molar-refractivity contribution is -0.131. The minimum atomic E-state index is -0.617. The molecular weight excluding hydrogens is 262 g/mol. The topological polar surface area (TPSA) is 40.5 Å². The number of amides is 1. The lowest BCUT2D eigenvalue weighted by Crippen LogP contribution is -2.42. The molecule has 1 aliphatic heterocycles. The van der Waals surface area contributed by atoms with E-state index in [0.29, 0.717) is 18.0 Å². The third kappa shape index (κ3) is 3.10. The van der Waals surface area contributed by atoms with Gasteiger partial charge in [0, 0.05) is 29.4 Å². The Bertz CT molecular complexity index is 464. The number of halogens is 1. The average molecular weight is 282 g/mol. The molecule has 1 heterocycles. The average Bonchev–Trinajstić information content (AvgIpc) is 2.71. The lowest BCUT2D eigenvalue weighted by atomic mass is 9.95. The zero-order chi connectivity index (χ0) is 14.2. The first-order valence-electron chi connectivity index (χ1n) is 6.53. The molecular formula is C15H20ClNO2.